The molecule has 0 amide bonds. The van der Waals surface area contributed by atoms with Gasteiger partial charge in [0.25, 0.3) is 0 Å². The van der Waals surface area contributed by atoms with Gasteiger partial charge in [0.15, 0.2) is 6.29 Å². The lowest BCUT2D eigenvalue weighted by Crippen LogP contribution is -2.42. The van der Waals surface area contributed by atoms with Gasteiger partial charge in [-0.2, -0.15) is 0 Å². The number of hydrogen-bond acceptors (Lipinski definition) is 5. The van der Waals surface area contributed by atoms with E-state index in [4.69, 9.17) is 19.7 Å². The number of rotatable bonds is 7. The Morgan fingerprint density at radius 1 is 1.00 bits per heavy atom. The lowest BCUT2D eigenvalue weighted by Gasteiger charge is -2.27. The zero-order valence-electron chi connectivity index (χ0n) is 9.75. The topological polar surface area (TPSA) is 79.2 Å². The molecule has 0 rings (SSSR count). The van der Waals surface area contributed by atoms with Gasteiger partial charge >= 0.3 is 0 Å². The van der Waals surface area contributed by atoms with E-state index < -0.39 is 24.6 Å². The van der Waals surface area contributed by atoms with Crippen molar-refractivity contribution < 1.29 is 24.8 Å². The maximum Gasteiger partial charge on any atom is 0.155 e. The van der Waals surface area contributed by atoms with Gasteiger partial charge in [0, 0.05) is 0 Å². The van der Waals surface area contributed by atoms with Crippen molar-refractivity contribution in [3.05, 3.63) is 0 Å². The highest BCUT2D eigenvalue weighted by molar-refractivity contribution is 4.73. The Bertz CT molecular complexity index is 160. The van der Waals surface area contributed by atoms with E-state index in [0.717, 1.165) is 0 Å². The minimum absolute atomic E-state index is 0.00281. The van der Waals surface area contributed by atoms with Crippen LogP contribution in [0, 0.1) is 0 Å². The van der Waals surface area contributed by atoms with E-state index in [0.29, 0.717) is 0 Å². The van der Waals surface area contributed by atoms with Crippen LogP contribution in [0.5, 0.6) is 0 Å². The third kappa shape index (κ3) is 6.06. The second-order valence-electron chi connectivity index (χ2n) is 3.84. The summed E-state index contributed by atoms with van der Waals surface area (Å²) in [6.45, 7) is 6.47. The first kappa shape index (κ1) is 14.8. The van der Waals surface area contributed by atoms with Crippen LogP contribution in [0.1, 0.15) is 27.7 Å². The number of aliphatic hydroxyl groups is 3. The molecule has 92 valence electrons. The Labute approximate surface area is 90.6 Å². The van der Waals surface area contributed by atoms with E-state index in [1.54, 1.807) is 6.92 Å². The van der Waals surface area contributed by atoms with Gasteiger partial charge in [-0.25, -0.2) is 0 Å². The lowest BCUT2D eigenvalue weighted by molar-refractivity contribution is -0.213. The predicted octanol–water partition coefficient (Wildman–Crippen LogP) is -0.123. The first-order valence-corrected chi connectivity index (χ1v) is 5.16. The Kier molecular flexibility index (Phi) is 7.04. The molecule has 0 saturated heterocycles. The molecule has 15 heavy (non-hydrogen) atoms. The highest BCUT2D eigenvalue weighted by Crippen LogP contribution is 2.09. The first-order chi connectivity index (χ1) is 6.88. The molecule has 0 aliphatic heterocycles. The van der Waals surface area contributed by atoms with Crippen LogP contribution in [0.2, 0.25) is 0 Å². The summed E-state index contributed by atoms with van der Waals surface area (Å²) >= 11 is 0. The van der Waals surface area contributed by atoms with E-state index >= 15 is 0 Å². The number of hydrogen-bond donors (Lipinski definition) is 3. The Morgan fingerprint density at radius 3 is 1.87 bits per heavy atom. The van der Waals surface area contributed by atoms with Crippen molar-refractivity contribution in [2.75, 3.05) is 6.61 Å². The van der Waals surface area contributed by atoms with Crippen LogP contribution in [0.3, 0.4) is 0 Å². The summed E-state index contributed by atoms with van der Waals surface area (Å²) in [5, 5.41) is 27.6. The molecule has 4 unspecified atom stereocenters. The van der Waals surface area contributed by atoms with Crippen molar-refractivity contribution in [1.29, 1.82) is 0 Å². The summed E-state index contributed by atoms with van der Waals surface area (Å²) < 4.78 is 10.5. The molecule has 0 aliphatic rings. The van der Waals surface area contributed by atoms with Crippen molar-refractivity contribution >= 4 is 0 Å². The molecule has 0 aromatic rings. The van der Waals surface area contributed by atoms with Crippen molar-refractivity contribution in [3.8, 4) is 0 Å². The van der Waals surface area contributed by atoms with E-state index in [1.165, 1.54) is 6.92 Å². The minimum Gasteiger partial charge on any atom is -0.394 e. The summed E-state index contributed by atoms with van der Waals surface area (Å²) in [5.74, 6) is 0. The molecule has 0 radical (unpaired) electrons. The minimum atomic E-state index is -1.12. The van der Waals surface area contributed by atoms with Crippen LogP contribution in [0.15, 0.2) is 0 Å². The second kappa shape index (κ2) is 7.14. The average molecular weight is 222 g/mol. The van der Waals surface area contributed by atoms with Crippen LogP contribution in [0.25, 0.3) is 0 Å². The van der Waals surface area contributed by atoms with Crippen molar-refractivity contribution in [2.24, 2.45) is 0 Å². The summed E-state index contributed by atoms with van der Waals surface area (Å²) in [6, 6.07) is 0. The van der Waals surface area contributed by atoms with Crippen LogP contribution >= 0.6 is 0 Å². The van der Waals surface area contributed by atoms with Gasteiger partial charge in [-0.1, -0.05) is 0 Å². The Balaban J connectivity index is 4.08. The van der Waals surface area contributed by atoms with Gasteiger partial charge in [-0.3, -0.25) is 0 Å². The lowest BCUT2D eigenvalue weighted by atomic mass is 10.1. The van der Waals surface area contributed by atoms with Crippen LogP contribution < -0.4 is 0 Å². The van der Waals surface area contributed by atoms with Crippen LogP contribution in [-0.4, -0.2) is 52.6 Å². The SMILES string of the molecule is CC(C)OC(C)OC(CO)C(O)C(C)O. The largest absolute Gasteiger partial charge is 0.394 e. The molecule has 0 aliphatic carbocycles. The highest BCUT2D eigenvalue weighted by Gasteiger charge is 2.25. The first-order valence-electron chi connectivity index (χ1n) is 5.16. The maximum absolute atomic E-state index is 9.48. The van der Waals surface area contributed by atoms with E-state index in [1.807, 2.05) is 13.8 Å². The molecular formula is C10H22O5. The third-order valence-electron chi connectivity index (χ3n) is 1.89. The number of aliphatic hydroxyl groups excluding tert-OH is 3. The van der Waals surface area contributed by atoms with Crippen molar-refractivity contribution in [3.63, 3.8) is 0 Å². The van der Waals surface area contributed by atoms with E-state index in [9.17, 15) is 5.11 Å². The van der Waals surface area contributed by atoms with Crippen LogP contribution in [-0.2, 0) is 9.47 Å². The standard InChI is InChI=1S/C10H22O5/c1-6(2)14-8(4)15-9(5-11)10(13)7(3)12/h6-13H,5H2,1-4H3. The molecule has 5 nitrogen and oxygen atoms in total. The van der Waals surface area contributed by atoms with Gasteiger partial charge in [0.1, 0.15) is 12.2 Å². The molecule has 4 atom stereocenters. The van der Waals surface area contributed by atoms with E-state index in [2.05, 4.69) is 0 Å². The number of ether oxygens (including phenoxy) is 2. The average Bonchev–Trinajstić information content (AvgIpc) is 2.11. The molecule has 0 spiro atoms. The predicted molar refractivity (Wildman–Crippen MR) is 55.3 cm³/mol. The summed E-state index contributed by atoms with van der Waals surface area (Å²) in [6.07, 6.45) is -3.43. The summed E-state index contributed by atoms with van der Waals surface area (Å²) in [5.41, 5.74) is 0. The summed E-state index contributed by atoms with van der Waals surface area (Å²) in [7, 11) is 0. The molecule has 0 aromatic carbocycles. The zero-order chi connectivity index (χ0) is 12.0. The Morgan fingerprint density at radius 2 is 1.53 bits per heavy atom. The van der Waals surface area contributed by atoms with E-state index in [-0.39, 0.29) is 12.7 Å². The van der Waals surface area contributed by atoms with Gasteiger partial charge < -0.3 is 24.8 Å². The third-order valence-corrected chi connectivity index (χ3v) is 1.89. The molecule has 3 N–H and O–H groups in total. The van der Waals surface area contributed by atoms with Gasteiger partial charge in [0.05, 0.1) is 18.8 Å². The molecule has 0 heterocycles. The summed E-state index contributed by atoms with van der Waals surface area (Å²) in [4.78, 5) is 0. The Hall–Kier alpha value is -0.200. The highest BCUT2D eigenvalue weighted by atomic mass is 16.7. The molecule has 0 fully saturated rings. The van der Waals surface area contributed by atoms with Crippen molar-refractivity contribution in [2.45, 2.75) is 58.4 Å². The quantitative estimate of drug-likeness (QED) is 0.523. The molecule has 0 bridgehead atoms. The van der Waals surface area contributed by atoms with Crippen molar-refractivity contribution in [1.82, 2.24) is 0 Å². The fourth-order valence-corrected chi connectivity index (χ4v) is 1.20. The van der Waals surface area contributed by atoms with Gasteiger partial charge in [-0.15, -0.1) is 0 Å². The van der Waals surface area contributed by atoms with Crippen LogP contribution in [0.4, 0.5) is 0 Å². The normalized spacial score (nSPS) is 20.0. The second-order valence-corrected chi connectivity index (χ2v) is 3.84. The fourth-order valence-electron chi connectivity index (χ4n) is 1.20. The molecule has 0 saturated carbocycles. The smallest absolute Gasteiger partial charge is 0.155 e. The van der Waals surface area contributed by atoms with Gasteiger partial charge in [-0.05, 0) is 27.7 Å². The molecule has 5 heteroatoms. The van der Waals surface area contributed by atoms with Gasteiger partial charge in [0.2, 0.25) is 0 Å². The maximum atomic E-state index is 9.48. The fraction of sp³-hybridized carbons (Fsp3) is 1.00. The monoisotopic (exact) mass is 222 g/mol. The zero-order valence-corrected chi connectivity index (χ0v) is 9.75. The molecular weight excluding hydrogens is 200 g/mol. The molecule has 0 aromatic heterocycles.